The molecule has 0 amide bonds. The fourth-order valence-electron chi connectivity index (χ4n) is 2.64. The molecule has 1 fully saturated rings. The molecule has 7 heteroatoms. The van der Waals surface area contributed by atoms with E-state index in [1.807, 2.05) is 26.2 Å². The van der Waals surface area contributed by atoms with Gasteiger partial charge in [-0.1, -0.05) is 6.07 Å². The molecule has 1 saturated carbocycles. The first-order valence-corrected chi connectivity index (χ1v) is 8.64. The SMILES string of the molecule is CN=C(NCCc1ccc2c(c1)OCO2)N(C)CCOCC1CC1.I. The van der Waals surface area contributed by atoms with Crippen molar-refractivity contribution in [2.45, 2.75) is 19.3 Å². The molecule has 140 valence electrons. The second kappa shape index (κ2) is 10.1. The van der Waals surface area contributed by atoms with Crippen molar-refractivity contribution in [1.29, 1.82) is 0 Å². The molecule has 0 spiro atoms. The number of nitrogens with one attached hydrogen (secondary N) is 1. The number of guanidine groups is 1. The van der Waals surface area contributed by atoms with E-state index in [-0.39, 0.29) is 24.0 Å². The number of halogens is 1. The summed E-state index contributed by atoms with van der Waals surface area (Å²) >= 11 is 0. The summed E-state index contributed by atoms with van der Waals surface area (Å²) in [6.07, 6.45) is 3.57. The molecule has 0 saturated heterocycles. The van der Waals surface area contributed by atoms with Gasteiger partial charge in [-0.3, -0.25) is 4.99 Å². The van der Waals surface area contributed by atoms with Crippen molar-refractivity contribution in [2.75, 3.05) is 47.2 Å². The zero-order chi connectivity index (χ0) is 16.8. The Hall–Kier alpha value is -1.22. The summed E-state index contributed by atoms with van der Waals surface area (Å²) in [7, 11) is 3.85. The quantitative estimate of drug-likeness (QED) is 0.279. The third kappa shape index (κ3) is 6.22. The number of likely N-dealkylation sites (N-methyl/N-ethyl adjacent to an activating group) is 1. The Balaban J connectivity index is 0.00000225. The number of ether oxygens (including phenoxy) is 3. The zero-order valence-corrected chi connectivity index (χ0v) is 17.3. The molecule has 1 N–H and O–H groups in total. The second-order valence-corrected chi connectivity index (χ2v) is 6.35. The average Bonchev–Trinajstić information content (AvgIpc) is 3.30. The molecule has 1 aromatic carbocycles. The molecule has 1 aromatic rings. The van der Waals surface area contributed by atoms with Crippen LogP contribution in [-0.2, 0) is 11.2 Å². The van der Waals surface area contributed by atoms with E-state index >= 15 is 0 Å². The first-order chi connectivity index (χ1) is 11.8. The molecule has 1 aliphatic heterocycles. The molecule has 0 bridgehead atoms. The van der Waals surface area contributed by atoms with Gasteiger partial charge in [0.15, 0.2) is 17.5 Å². The highest BCUT2D eigenvalue weighted by molar-refractivity contribution is 14.0. The van der Waals surface area contributed by atoms with Crippen molar-refractivity contribution in [1.82, 2.24) is 10.2 Å². The molecule has 2 aliphatic rings. The van der Waals surface area contributed by atoms with Crippen LogP contribution in [0.2, 0.25) is 0 Å². The van der Waals surface area contributed by atoms with Crippen LogP contribution in [0.5, 0.6) is 11.5 Å². The van der Waals surface area contributed by atoms with Gasteiger partial charge in [-0.15, -0.1) is 24.0 Å². The number of rotatable bonds is 8. The van der Waals surface area contributed by atoms with E-state index in [9.17, 15) is 0 Å². The maximum atomic E-state index is 5.69. The van der Waals surface area contributed by atoms with Crippen molar-refractivity contribution in [2.24, 2.45) is 10.9 Å². The number of aliphatic imine (C=N–C) groups is 1. The van der Waals surface area contributed by atoms with E-state index in [1.165, 1.54) is 18.4 Å². The topological polar surface area (TPSA) is 55.3 Å². The largest absolute Gasteiger partial charge is 0.454 e. The van der Waals surface area contributed by atoms with Crippen molar-refractivity contribution in [3.05, 3.63) is 23.8 Å². The summed E-state index contributed by atoms with van der Waals surface area (Å²) in [5.74, 6) is 3.37. The van der Waals surface area contributed by atoms with Gasteiger partial charge in [-0.25, -0.2) is 0 Å². The molecule has 3 rings (SSSR count). The van der Waals surface area contributed by atoms with Crippen LogP contribution < -0.4 is 14.8 Å². The Morgan fingerprint density at radius 1 is 1.32 bits per heavy atom. The second-order valence-electron chi connectivity index (χ2n) is 6.35. The average molecular weight is 461 g/mol. The standard InChI is InChI=1S/C18H27N3O3.HI/c1-19-18(21(2)9-10-22-12-15-3-4-15)20-8-7-14-5-6-16-17(11-14)24-13-23-16;/h5-6,11,15H,3-4,7-10,12-13H2,1-2H3,(H,19,20);1H. The summed E-state index contributed by atoms with van der Waals surface area (Å²) < 4.78 is 16.4. The Morgan fingerprint density at radius 3 is 2.88 bits per heavy atom. The number of benzene rings is 1. The van der Waals surface area contributed by atoms with Crippen LogP contribution in [0.4, 0.5) is 0 Å². The first-order valence-electron chi connectivity index (χ1n) is 8.64. The van der Waals surface area contributed by atoms with Crippen LogP contribution in [0, 0.1) is 5.92 Å². The lowest BCUT2D eigenvalue weighted by molar-refractivity contribution is 0.115. The minimum atomic E-state index is 0. The molecule has 0 unspecified atom stereocenters. The van der Waals surface area contributed by atoms with Crippen LogP contribution in [-0.4, -0.2) is 58.1 Å². The molecule has 0 aromatic heterocycles. The molecule has 6 nitrogen and oxygen atoms in total. The van der Waals surface area contributed by atoms with Gasteiger partial charge in [0.1, 0.15) is 0 Å². The highest BCUT2D eigenvalue weighted by Gasteiger charge is 2.21. The summed E-state index contributed by atoms with van der Waals surface area (Å²) in [5, 5.41) is 3.40. The normalized spacial score (nSPS) is 15.7. The number of hydrogen-bond donors (Lipinski definition) is 1. The Morgan fingerprint density at radius 2 is 2.12 bits per heavy atom. The van der Waals surface area contributed by atoms with Gasteiger partial charge >= 0.3 is 0 Å². The van der Waals surface area contributed by atoms with Gasteiger partial charge in [-0.05, 0) is 42.9 Å². The monoisotopic (exact) mass is 461 g/mol. The Bertz CT molecular complexity index is 579. The van der Waals surface area contributed by atoms with Crippen LogP contribution in [0.1, 0.15) is 18.4 Å². The van der Waals surface area contributed by atoms with Crippen LogP contribution in [0.25, 0.3) is 0 Å². The predicted molar refractivity (Wildman–Crippen MR) is 109 cm³/mol. The van der Waals surface area contributed by atoms with Crippen molar-refractivity contribution < 1.29 is 14.2 Å². The van der Waals surface area contributed by atoms with Crippen LogP contribution >= 0.6 is 24.0 Å². The van der Waals surface area contributed by atoms with Crippen molar-refractivity contribution >= 4 is 29.9 Å². The van der Waals surface area contributed by atoms with Gasteiger partial charge in [0.2, 0.25) is 6.79 Å². The number of nitrogens with zero attached hydrogens (tertiary/aromatic N) is 2. The molecule has 25 heavy (non-hydrogen) atoms. The van der Waals surface area contributed by atoms with Crippen LogP contribution in [0.3, 0.4) is 0 Å². The fourth-order valence-corrected chi connectivity index (χ4v) is 2.64. The Kier molecular flexibility index (Phi) is 8.08. The van der Waals surface area contributed by atoms with Crippen molar-refractivity contribution in [3.8, 4) is 11.5 Å². The summed E-state index contributed by atoms with van der Waals surface area (Å²) in [6.45, 7) is 3.63. The van der Waals surface area contributed by atoms with E-state index in [1.54, 1.807) is 0 Å². The van der Waals surface area contributed by atoms with E-state index in [2.05, 4.69) is 21.3 Å². The maximum Gasteiger partial charge on any atom is 0.231 e. The summed E-state index contributed by atoms with van der Waals surface area (Å²) in [6, 6.07) is 6.09. The lowest BCUT2D eigenvalue weighted by Gasteiger charge is -2.22. The zero-order valence-electron chi connectivity index (χ0n) is 15.0. The molecule has 0 atom stereocenters. The van der Waals surface area contributed by atoms with E-state index < -0.39 is 0 Å². The predicted octanol–water partition coefficient (Wildman–Crippen LogP) is 2.51. The summed E-state index contributed by atoms with van der Waals surface area (Å²) in [4.78, 5) is 6.44. The van der Waals surface area contributed by atoms with Gasteiger partial charge in [0.25, 0.3) is 0 Å². The molecular formula is C18H28IN3O3. The maximum absolute atomic E-state index is 5.69. The lowest BCUT2D eigenvalue weighted by atomic mass is 10.1. The lowest BCUT2D eigenvalue weighted by Crippen LogP contribution is -2.41. The number of hydrogen-bond acceptors (Lipinski definition) is 4. The Labute approximate surface area is 166 Å². The highest BCUT2D eigenvalue weighted by Crippen LogP contribution is 2.32. The highest BCUT2D eigenvalue weighted by atomic mass is 127. The molecule has 1 aliphatic carbocycles. The van der Waals surface area contributed by atoms with Gasteiger partial charge in [0.05, 0.1) is 6.61 Å². The van der Waals surface area contributed by atoms with Gasteiger partial charge in [0, 0.05) is 33.8 Å². The van der Waals surface area contributed by atoms with E-state index in [0.29, 0.717) is 6.79 Å². The van der Waals surface area contributed by atoms with Crippen molar-refractivity contribution in [3.63, 3.8) is 0 Å². The third-order valence-corrected chi connectivity index (χ3v) is 4.33. The minimum absolute atomic E-state index is 0. The van der Waals surface area contributed by atoms with Gasteiger partial charge < -0.3 is 24.4 Å². The molecular weight excluding hydrogens is 433 g/mol. The molecule has 1 heterocycles. The first kappa shape index (κ1) is 20.1. The van der Waals surface area contributed by atoms with Crippen LogP contribution in [0.15, 0.2) is 23.2 Å². The number of fused-ring (bicyclic) bond motifs is 1. The van der Waals surface area contributed by atoms with E-state index in [4.69, 9.17) is 14.2 Å². The van der Waals surface area contributed by atoms with Gasteiger partial charge in [-0.2, -0.15) is 0 Å². The summed E-state index contributed by atoms with van der Waals surface area (Å²) in [5.41, 5.74) is 1.22. The minimum Gasteiger partial charge on any atom is -0.454 e. The molecule has 0 radical (unpaired) electrons. The third-order valence-electron chi connectivity index (χ3n) is 4.33. The van der Waals surface area contributed by atoms with E-state index in [0.717, 1.165) is 56.1 Å². The fraction of sp³-hybridized carbons (Fsp3) is 0.611. The smallest absolute Gasteiger partial charge is 0.231 e.